The van der Waals surface area contributed by atoms with Crippen molar-refractivity contribution in [2.75, 3.05) is 11.4 Å². The predicted molar refractivity (Wildman–Crippen MR) is 130 cm³/mol. The molecule has 1 aliphatic carbocycles. The van der Waals surface area contributed by atoms with Crippen molar-refractivity contribution in [1.29, 1.82) is 5.26 Å². The van der Waals surface area contributed by atoms with Crippen molar-refractivity contribution < 1.29 is 4.74 Å². The van der Waals surface area contributed by atoms with Gasteiger partial charge in [0.2, 0.25) is 0 Å². The van der Waals surface area contributed by atoms with E-state index in [1.807, 2.05) is 12.2 Å². The zero-order chi connectivity index (χ0) is 22.8. The van der Waals surface area contributed by atoms with E-state index in [0.717, 1.165) is 55.5 Å². The smallest absolute Gasteiger partial charge is 0.265 e. The Bertz CT molecular complexity index is 1030. The molecule has 4 heteroatoms. The lowest BCUT2D eigenvalue weighted by Crippen LogP contribution is -2.44. The summed E-state index contributed by atoms with van der Waals surface area (Å²) in [5.74, 6) is 0.763. The third-order valence-electron chi connectivity index (χ3n) is 6.92. The Labute approximate surface area is 192 Å². The van der Waals surface area contributed by atoms with Crippen LogP contribution in [0.4, 0.5) is 5.69 Å². The molecular weight excluding hydrogens is 394 g/mol. The fraction of sp³-hybridized carbons (Fsp3) is 0.500. The van der Waals surface area contributed by atoms with Gasteiger partial charge in [-0.25, -0.2) is 10.1 Å². The number of hydrogen-bond donors (Lipinski definition) is 0. The van der Waals surface area contributed by atoms with Gasteiger partial charge < -0.3 is 9.64 Å². The maximum absolute atomic E-state index is 9.44. The van der Waals surface area contributed by atoms with E-state index in [0.29, 0.717) is 6.42 Å². The van der Waals surface area contributed by atoms with E-state index in [2.05, 4.69) is 60.9 Å². The number of nitrogens with zero attached hydrogens (tertiary/aromatic N) is 3. The molecule has 1 spiro atoms. The van der Waals surface area contributed by atoms with Gasteiger partial charge in [0.1, 0.15) is 11.4 Å². The summed E-state index contributed by atoms with van der Waals surface area (Å²) in [5.41, 5.74) is 4.76. The summed E-state index contributed by atoms with van der Waals surface area (Å²) in [6.07, 6.45) is 14.4. The van der Waals surface area contributed by atoms with Crippen molar-refractivity contribution in [1.82, 2.24) is 0 Å². The molecule has 4 nitrogen and oxygen atoms in total. The maximum Gasteiger partial charge on any atom is 0.265 e. The molecule has 4 rings (SSSR count). The van der Waals surface area contributed by atoms with Gasteiger partial charge in [0.15, 0.2) is 0 Å². The number of hydrogen-bond acceptors (Lipinski definition) is 3. The van der Waals surface area contributed by atoms with Crippen LogP contribution in [0.1, 0.15) is 76.8 Å². The van der Waals surface area contributed by atoms with Gasteiger partial charge in [-0.2, -0.15) is 0 Å². The second-order valence-corrected chi connectivity index (χ2v) is 10.3. The van der Waals surface area contributed by atoms with Gasteiger partial charge in [0, 0.05) is 24.2 Å². The SMILES string of the molecule is [C-]#[N+]/C(C#N)=C1C=C(/C=C/c2ccc3c(c2)CCCN3C(C)(C)C)OC2(CCCCC2)C/1. The van der Waals surface area contributed by atoms with Crippen LogP contribution in [0.2, 0.25) is 0 Å². The number of allylic oxidation sites excluding steroid dienone is 3. The summed E-state index contributed by atoms with van der Waals surface area (Å²) in [6.45, 7) is 15.3. The first-order valence-corrected chi connectivity index (χ1v) is 11.8. The minimum atomic E-state index is -0.266. The van der Waals surface area contributed by atoms with E-state index in [-0.39, 0.29) is 16.8 Å². The molecule has 0 unspecified atom stereocenters. The Morgan fingerprint density at radius 3 is 2.66 bits per heavy atom. The lowest BCUT2D eigenvalue weighted by molar-refractivity contribution is -0.0285. The second-order valence-electron chi connectivity index (χ2n) is 10.3. The third-order valence-corrected chi connectivity index (χ3v) is 6.92. The molecule has 1 fully saturated rings. The topological polar surface area (TPSA) is 40.6 Å². The monoisotopic (exact) mass is 427 g/mol. The van der Waals surface area contributed by atoms with Crippen LogP contribution in [0.3, 0.4) is 0 Å². The van der Waals surface area contributed by atoms with E-state index < -0.39 is 0 Å². The van der Waals surface area contributed by atoms with E-state index in [9.17, 15) is 5.26 Å². The number of aryl methyl sites for hydroxylation is 1. The fourth-order valence-electron chi connectivity index (χ4n) is 5.36. The Morgan fingerprint density at radius 2 is 1.97 bits per heavy atom. The first-order valence-electron chi connectivity index (χ1n) is 11.8. The zero-order valence-electron chi connectivity index (χ0n) is 19.6. The van der Waals surface area contributed by atoms with Gasteiger partial charge in [0.25, 0.3) is 5.70 Å². The molecule has 0 N–H and O–H groups in total. The van der Waals surface area contributed by atoms with Crippen LogP contribution in [0.15, 0.2) is 47.4 Å². The molecule has 166 valence electrons. The molecule has 2 aliphatic heterocycles. The zero-order valence-corrected chi connectivity index (χ0v) is 19.6. The van der Waals surface area contributed by atoms with Crippen LogP contribution in [0.25, 0.3) is 10.9 Å². The van der Waals surface area contributed by atoms with Gasteiger partial charge in [0.05, 0.1) is 12.6 Å². The Hall–Kier alpha value is -2.98. The molecule has 0 radical (unpaired) electrons. The summed E-state index contributed by atoms with van der Waals surface area (Å²) in [7, 11) is 0. The Balaban J connectivity index is 1.63. The summed E-state index contributed by atoms with van der Waals surface area (Å²) >= 11 is 0. The summed E-state index contributed by atoms with van der Waals surface area (Å²) in [5, 5.41) is 9.44. The van der Waals surface area contributed by atoms with Crippen LogP contribution >= 0.6 is 0 Å². The van der Waals surface area contributed by atoms with Gasteiger partial charge in [-0.15, -0.1) is 0 Å². The molecule has 1 aromatic carbocycles. The molecule has 1 saturated carbocycles. The van der Waals surface area contributed by atoms with Gasteiger partial charge in [-0.1, -0.05) is 18.6 Å². The van der Waals surface area contributed by atoms with Gasteiger partial charge >= 0.3 is 0 Å². The highest BCUT2D eigenvalue weighted by Crippen LogP contribution is 2.43. The van der Waals surface area contributed by atoms with Crippen molar-refractivity contribution in [3.63, 3.8) is 0 Å². The van der Waals surface area contributed by atoms with Crippen molar-refractivity contribution >= 4 is 11.8 Å². The van der Waals surface area contributed by atoms with Crippen molar-refractivity contribution in [2.45, 2.75) is 83.3 Å². The van der Waals surface area contributed by atoms with Crippen LogP contribution in [0, 0.1) is 17.9 Å². The van der Waals surface area contributed by atoms with E-state index in [4.69, 9.17) is 11.3 Å². The molecule has 0 saturated heterocycles. The van der Waals surface area contributed by atoms with Crippen LogP contribution < -0.4 is 4.90 Å². The number of rotatable bonds is 2. The average molecular weight is 428 g/mol. The minimum Gasteiger partial charge on any atom is -0.487 e. The number of anilines is 1. The number of fused-ring (bicyclic) bond motifs is 1. The highest BCUT2D eigenvalue weighted by Gasteiger charge is 2.38. The molecule has 2 heterocycles. The first kappa shape index (κ1) is 22.2. The molecule has 0 aromatic heterocycles. The number of benzene rings is 1. The minimum absolute atomic E-state index is 0.117. The number of ether oxygens (including phenoxy) is 1. The lowest BCUT2D eigenvalue weighted by atomic mass is 9.78. The summed E-state index contributed by atoms with van der Waals surface area (Å²) < 4.78 is 6.50. The predicted octanol–water partition coefficient (Wildman–Crippen LogP) is 6.95. The molecule has 1 aromatic rings. The highest BCUT2D eigenvalue weighted by atomic mass is 16.5. The largest absolute Gasteiger partial charge is 0.487 e. The van der Waals surface area contributed by atoms with E-state index in [1.54, 1.807) is 0 Å². The molecule has 3 aliphatic rings. The van der Waals surface area contributed by atoms with Gasteiger partial charge in [-0.3, -0.25) is 0 Å². The van der Waals surface area contributed by atoms with Crippen LogP contribution in [-0.2, 0) is 11.2 Å². The molecule has 0 bridgehead atoms. The summed E-state index contributed by atoms with van der Waals surface area (Å²) in [6, 6.07) is 8.80. The van der Waals surface area contributed by atoms with Crippen molar-refractivity contribution in [3.05, 3.63) is 69.9 Å². The Morgan fingerprint density at radius 1 is 1.19 bits per heavy atom. The average Bonchev–Trinajstić information content (AvgIpc) is 2.77. The first-order chi connectivity index (χ1) is 15.3. The van der Waals surface area contributed by atoms with Crippen LogP contribution in [-0.4, -0.2) is 17.7 Å². The van der Waals surface area contributed by atoms with Crippen LogP contribution in [0.5, 0.6) is 0 Å². The molecule has 0 atom stereocenters. The van der Waals surface area contributed by atoms with Gasteiger partial charge in [-0.05, 0) is 100 Å². The highest BCUT2D eigenvalue weighted by molar-refractivity contribution is 5.64. The van der Waals surface area contributed by atoms with Crippen molar-refractivity contribution in [3.8, 4) is 6.07 Å². The lowest BCUT2D eigenvalue weighted by Gasteiger charge is -2.42. The fourth-order valence-corrected chi connectivity index (χ4v) is 5.36. The molecule has 32 heavy (non-hydrogen) atoms. The number of nitriles is 1. The normalized spacial score (nSPS) is 21.9. The Kier molecular flexibility index (Phi) is 6.16. The molecule has 0 amide bonds. The van der Waals surface area contributed by atoms with E-state index in [1.165, 1.54) is 24.1 Å². The quantitative estimate of drug-likeness (QED) is 0.378. The van der Waals surface area contributed by atoms with E-state index >= 15 is 0 Å². The maximum atomic E-state index is 9.44. The second kappa shape index (κ2) is 8.87. The summed E-state index contributed by atoms with van der Waals surface area (Å²) in [4.78, 5) is 5.98. The third kappa shape index (κ3) is 4.61. The molecular formula is C28H33N3O. The standard InChI is InChI=1S/C28H33N3O/c1-27(2,3)31-16-8-9-22-17-21(11-13-26(22)31)10-12-24-18-23(25(20-29)30-4)19-28(32-24)14-6-5-7-15-28/h10-13,17-18H,5-9,14-16,19H2,1-3H3/b12-10+,25-23-. The van der Waals surface area contributed by atoms with Crippen molar-refractivity contribution in [2.24, 2.45) is 0 Å².